The van der Waals surface area contributed by atoms with Crippen molar-refractivity contribution < 1.29 is 9.47 Å². The van der Waals surface area contributed by atoms with E-state index in [1.165, 1.54) is 0 Å². The van der Waals surface area contributed by atoms with Crippen molar-refractivity contribution in [3.05, 3.63) is 0 Å². The Bertz CT molecular complexity index is 188. The zero-order valence-electron chi connectivity index (χ0n) is 11.1. The van der Waals surface area contributed by atoms with Crippen LogP contribution >= 0.6 is 0 Å². The van der Waals surface area contributed by atoms with Crippen molar-refractivity contribution in [1.29, 1.82) is 0 Å². The molecule has 0 bridgehead atoms. The first-order valence-electron chi connectivity index (χ1n) is 6.55. The monoisotopic (exact) mass is 229 g/mol. The summed E-state index contributed by atoms with van der Waals surface area (Å²) in [5, 5.41) is 0. The second-order valence-corrected chi connectivity index (χ2v) is 5.23. The van der Waals surface area contributed by atoms with Gasteiger partial charge in [0.15, 0.2) is 0 Å². The molecule has 16 heavy (non-hydrogen) atoms. The Balaban J connectivity index is 2.26. The van der Waals surface area contributed by atoms with Crippen molar-refractivity contribution in [2.24, 2.45) is 11.7 Å². The molecule has 1 aliphatic heterocycles. The highest BCUT2D eigenvalue weighted by Gasteiger charge is 2.25. The third kappa shape index (κ3) is 4.40. The van der Waals surface area contributed by atoms with Crippen LogP contribution in [-0.4, -0.2) is 31.0 Å². The molecule has 3 heteroatoms. The van der Waals surface area contributed by atoms with E-state index >= 15 is 0 Å². The Hall–Kier alpha value is -0.120. The fourth-order valence-electron chi connectivity index (χ4n) is 2.19. The lowest BCUT2D eigenvalue weighted by Crippen LogP contribution is -2.39. The van der Waals surface area contributed by atoms with E-state index in [-0.39, 0.29) is 6.04 Å². The molecule has 0 aromatic rings. The van der Waals surface area contributed by atoms with E-state index in [1.807, 2.05) is 0 Å². The van der Waals surface area contributed by atoms with E-state index in [4.69, 9.17) is 15.2 Å². The van der Waals surface area contributed by atoms with Crippen LogP contribution in [0.1, 0.15) is 47.0 Å². The zero-order valence-corrected chi connectivity index (χ0v) is 11.1. The number of hydrogen-bond acceptors (Lipinski definition) is 3. The van der Waals surface area contributed by atoms with E-state index in [2.05, 4.69) is 27.7 Å². The summed E-state index contributed by atoms with van der Waals surface area (Å²) in [5.41, 5.74) is 6.06. The van der Waals surface area contributed by atoms with Gasteiger partial charge in [-0.05, 0) is 32.6 Å². The van der Waals surface area contributed by atoms with Crippen molar-refractivity contribution in [1.82, 2.24) is 0 Å². The molecular weight excluding hydrogens is 202 g/mol. The predicted octanol–water partition coefficient (Wildman–Crippen LogP) is 2.33. The summed E-state index contributed by atoms with van der Waals surface area (Å²) < 4.78 is 11.6. The SMILES string of the molecule is CCC(C)C(N)COC1CC(C)OC(C)C1. The molecule has 96 valence electrons. The first kappa shape index (κ1) is 13.9. The van der Waals surface area contributed by atoms with Gasteiger partial charge >= 0.3 is 0 Å². The lowest BCUT2D eigenvalue weighted by molar-refractivity contribution is -0.105. The molecule has 0 aromatic carbocycles. The van der Waals surface area contributed by atoms with Gasteiger partial charge in [0.25, 0.3) is 0 Å². The number of nitrogens with two attached hydrogens (primary N) is 1. The molecule has 1 saturated heterocycles. The van der Waals surface area contributed by atoms with Gasteiger partial charge in [0, 0.05) is 6.04 Å². The molecule has 3 nitrogen and oxygen atoms in total. The van der Waals surface area contributed by atoms with Gasteiger partial charge in [-0.1, -0.05) is 20.3 Å². The highest BCUT2D eigenvalue weighted by molar-refractivity contribution is 4.75. The van der Waals surface area contributed by atoms with E-state index < -0.39 is 0 Å². The summed E-state index contributed by atoms with van der Waals surface area (Å²) in [4.78, 5) is 0. The van der Waals surface area contributed by atoms with Crippen molar-refractivity contribution in [2.45, 2.75) is 71.3 Å². The van der Waals surface area contributed by atoms with Crippen LogP contribution in [0.5, 0.6) is 0 Å². The lowest BCUT2D eigenvalue weighted by Gasteiger charge is -2.33. The summed E-state index contributed by atoms with van der Waals surface area (Å²) in [6.45, 7) is 9.26. The third-order valence-electron chi connectivity index (χ3n) is 3.55. The normalized spacial score (nSPS) is 34.7. The van der Waals surface area contributed by atoms with Crippen LogP contribution < -0.4 is 5.73 Å². The highest BCUT2D eigenvalue weighted by Crippen LogP contribution is 2.22. The summed E-state index contributed by atoms with van der Waals surface area (Å²) in [6.07, 6.45) is 4.07. The largest absolute Gasteiger partial charge is 0.376 e. The molecule has 0 saturated carbocycles. The minimum Gasteiger partial charge on any atom is -0.376 e. The maximum absolute atomic E-state index is 6.06. The van der Waals surface area contributed by atoms with Crippen LogP contribution in [0.4, 0.5) is 0 Å². The van der Waals surface area contributed by atoms with Crippen molar-refractivity contribution in [3.63, 3.8) is 0 Å². The molecule has 1 heterocycles. The van der Waals surface area contributed by atoms with Gasteiger partial charge in [-0.25, -0.2) is 0 Å². The molecule has 0 aliphatic carbocycles. The van der Waals surface area contributed by atoms with Gasteiger partial charge in [-0.3, -0.25) is 0 Å². The van der Waals surface area contributed by atoms with Crippen LogP contribution in [0.3, 0.4) is 0 Å². The number of hydrogen-bond donors (Lipinski definition) is 1. The fraction of sp³-hybridized carbons (Fsp3) is 1.00. The molecule has 0 spiro atoms. The second-order valence-electron chi connectivity index (χ2n) is 5.23. The summed E-state index contributed by atoms with van der Waals surface area (Å²) in [7, 11) is 0. The smallest absolute Gasteiger partial charge is 0.0625 e. The Morgan fingerprint density at radius 1 is 1.31 bits per heavy atom. The maximum atomic E-state index is 6.06. The molecule has 4 atom stereocenters. The summed E-state index contributed by atoms with van der Waals surface area (Å²) >= 11 is 0. The molecule has 1 fully saturated rings. The standard InChI is InChI=1S/C13H27NO2/c1-5-9(2)13(14)8-15-12-6-10(3)16-11(4)7-12/h9-13H,5-8,14H2,1-4H3. The third-order valence-corrected chi connectivity index (χ3v) is 3.55. The highest BCUT2D eigenvalue weighted by atomic mass is 16.5. The molecule has 1 rings (SSSR count). The Kier molecular flexibility index (Phi) is 5.73. The molecule has 0 radical (unpaired) electrons. The Labute approximate surface area is 99.7 Å². The Morgan fingerprint density at radius 3 is 2.38 bits per heavy atom. The number of rotatable bonds is 5. The minimum atomic E-state index is 0.165. The quantitative estimate of drug-likeness (QED) is 0.787. The fourth-order valence-corrected chi connectivity index (χ4v) is 2.19. The number of ether oxygens (including phenoxy) is 2. The topological polar surface area (TPSA) is 44.5 Å². The summed E-state index contributed by atoms with van der Waals surface area (Å²) in [6, 6.07) is 0.165. The van der Waals surface area contributed by atoms with Gasteiger partial charge in [-0.15, -0.1) is 0 Å². The van der Waals surface area contributed by atoms with E-state index in [9.17, 15) is 0 Å². The van der Waals surface area contributed by atoms with Crippen molar-refractivity contribution in [3.8, 4) is 0 Å². The Morgan fingerprint density at radius 2 is 1.88 bits per heavy atom. The van der Waals surface area contributed by atoms with Crippen LogP contribution in [-0.2, 0) is 9.47 Å². The van der Waals surface area contributed by atoms with Gasteiger partial charge < -0.3 is 15.2 Å². The maximum Gasteiger partial charge on any atom is 0.0625 e. The van der Waals surface area contributed by atoms with Gasteiger partial charge in [0.1, 0.15) is 0 Å². The predicted molar refractivity (Wildman–Crippen MR) is 66.4 cm³/mol. The van der Waals surface area contributed by atoms with Crippen LogP contribution in [0.15, 0.2) is 0 Å². The van der Waals surface area contributed by atoms with Crippen molar-refractivity contribution >= 4 is 0 Å². The van der Waals surface area contributed by atoms with E-state index in [1.54, 1.807) is 0 Å². The first-order chi connectivity index (χ1) is 7.52. The van der Waals surface area contributed by atoms with E-state index in [0.717, 1.165) is 19.3 Å². The second kappa shape index (κ2) is 6.58. The van der Waals surface area contributed by atoms with Crippen LogP contribution in [0, 0.1) is 5.92 Å². The average molecular weight is 229 g/mol. The molecule has 0 amide bonds. The first-order valence-corrected chi connectivity index (χ1v) is 6.55. The molecule has 4 unspecified atom stereocenters. The molecule has 1 aliphatic rings. The van der Waals surface area contributed by atoms with Crippen molar-refractivity contribution in [2.75, 3.05) is 6.61 Å². The van der Waals surface area contributed by atoms with E-state index in [0.29, 0.717) is 30.8 Å². The lowest BCUT2D eigenvalue weighted by atomic mass is 10.00. The van der Waals surface area contributed by atoms with Crippen LogP contribution in [0.2, 0.25) is 0 Å². The van der Waals surface area contributed by atoms with Gasteiger partial charge in [-0.2, -0.15) is 0 Å². The molecule has 2 N–H and O–H groups in total. The van der Waals surface area contributed by atoms with Gasteiger partial charge in [0.2, 0.25) is 0 Å². The summed E-state index contributed by atoms with van der Waals surface area (Å²) in [5.74, 6) is 0.537. The van der Waals surface area contributed by atoms with Gasteiger partial charge in [0.05, 0.1) is 24.9 Å². The average Bonchev–Trinajstić information content (AvgIpc) is 2.23. The molecular formula is C13H27NO2. The zero-order chi connectivity index (χ0) is 12.1. The minimum absolute atomic E-state index is 0.165. The molecule has 0 aromatic heterocycles. The van der Waals surface area contributed by atoms with Crippen LogP contribution in [0.25, 0.3) is 0 Å².